The first-order valence-electron chi connectivity index (χ1n) is 5.39. The molecule has 2 N–H and O–H groups in total. The number of hydrogen-bond donors (Lipinski definition) is 1. The molecule has 1 aromatic carbocycles. The van der Waals surface area contributed by atoms with Gasteiger partial charge in [-0.15, -0.1) is 0 Å². The Morgan fingerprint density at radius 2 is 1.88 bits per heavy atom. The maximum Gasteiger partial charge on any atom is 0.418 e. The summed E-state index contributed by atoms with van der Waals surface area (Å²) in [6, 6.07) is 3.88. The van der Waals surface area contributed by atoms with E-state index in [0.29, 0.717) is 12.5 Å². The second-order valence-electron chi connectivity index (χ2n) is 4.55. The Hall–Kier alpha value is -1.39. The van der Waals surface area contributed by atoms with Crippen LogP contribution < -0.4 is 10.6 Å². The monoisotopic (exact) mass is 246 g/mol. The van der Waals surface area contributed by atoms with Crippen molar-refractivity contribution in [2.75, 3.05) is 24.2 Å². The van der Waals surface area contributed by atoms with E-state index in [1.165, 1.54) is 12.1 Å². The zero-order valence-electron chi connectivity index (χ0n) is 10.2. The van der Waals surface area contributed by atoms with Crippen LogP contribution in [0.1, 0.15) is 19.4 Å². The van der Waals surface area contributed by atoms with Gasteiger partial charge in [-0.3, -0.25) is 0 Å². The quantitative estimate of drug-likeness (QED) is 0.828. The lowest BCUT2D eigenvalue weighted by Gasteiger charge is -2.25. The highest BCUT2D eigenvalue weighted by atomic mass is 19.4. The van der Waals surface area contributed by atoms with E-state index in [9.17, 15) is 13.2 Å². The Morgan fingerprint density at radius 1 is 1.29 bits per heavy atom. The molecular weight excluding hydrogens is 229 g/mol. The molecule has 0 saturated carbocycles. The number of halogens is 3. The van der Waals surface area contributed by atoms with Crippen molar-refractivity contribution >= 4 is 11.4 Å². The largest absolute Gasteiger partial charge is 0.418 e. The number of alkyl halides is 3. The summed E-state index contributed by atoms with van der Waals surface area (Å²) < 4.78 is 38.5. The van der Waals surface area contributed by atoms with E-state index >= 15 is 0 Å². The third-order valence-corrected chi connectivity index (χ3v) is 2.38. The Balaban J connectivity index is 3.15. The summed E-state index contributed by atoms with van der Waals surface area (Å²) in [5.41, 5.74) is 5.02. The summed E-state index contributed by atoms with van der Waals surface area (Å²) in [6.45, 7) is 4.48. The van der Waals surface area contributed by atoms with E-state index in [-0.39, 0.29) is 11.4 Å². The van der Waals surface area contributed by atoms with Crippen LogP contribution in [0.5, 0.6) is 0 Å². The highest BCUT2D eigenvalue weighted by Gasteiger charge is 2.34. The molecule has 0 spiro atoms. The first kappa shape index (κ1) is 13.7. The van der Waals surface area contributed by atoms with Gasteiger partial charge in [0.2, 0.25) is 0 Å². The van der Waals surface area contributed by atoms with Crippen molar-refractivity contribution in [1.29, 1.82) is 0 Å². The van der Waals surface area contributed by atoms with Gasteiger partial charge in [0.25, 0.3) is 0 Å². The molecule has 0 amide bonds. The molecule has 0 aliphatic carbocycles. The maximum atomic E-state index is 12.8. The smallest absolute Gasteiger partial charge is 0.399 e. The molecule has 0 aromatic heterocycles. The molecule has 2 nitrogen and oxygen atoms in total. The van der Waals surface area contributed by atoms with Gasteiger partial charge in [-0.05, 0) is 24.1 Å². The van der Waals surface area contributed by atoms with Crippen LogP contribution in [0.4, 0.5) is 24.5 Å². The number of benzene rings is 1. The molecule has 1 rings (SSSR count). The first-order chi connectivity index (χ1) is 7.71. The van der Waals surface area contributed by atoms with Gasteiger partial charge in [0.05, 0.1) is 5.56 Å². The number of rotatable bonds is 3. The van der Waals surface area contributed by atoms with Crippen molar-refractivity contribution in [3.63, 3.8) is 0 Å². The van der Waals surface area contributed by atoms with Gasteiger partial charge >= 0.3 is 6.18 Å². The zero-order valence-corrected chi connectivity index (χ0v) is 10.2. The van der Waals surface area contributed by atoms with Crippen molar-refractivity contribution in [3.8, 4) is 0 Å². The highest BCUT2D eigenvalue weighted by molar-refractivity contribution is 5.60. The van der Waals surface area contributed by atoms with Crippen LogP contribution in [0.25, 0.3) is 0 Å². The van der Waals surface area contributed by atoms with Crippen LogP contribution in [-0.4, -0.2) is 13.6 Å². The van der Waals surface area contributed by atoms with E-state index in [1.807, 2.05) is 13.8 Å². The minimum Gasteiger partial charge on any atom is -0.399 e. The summed E-state index contributed by atoms with van der Waals surface area (Å²) in [6.07, 6.45) is -4.38. The molecule has 1 aromatic rings. The standard InChI is InChI=1S/C12H17F3N2/c1-8(2)7-17(3)11-5-4-9(16)6-10(11)12(13,14)15/h4-6,8H,7,16H2,1-3H3. The van der Waals surface area contributed by atoms with Crippen molar-refractivity contribution in [2.24, 2.45) is 5.92 Å². The Kier molecular flexibility index (Phi) is 3.91. The minimum atomic E-state index is -4.38. The maximum absolute atomic E-state index is 12.8. The topological polar surface area (TPSA) is 29.3 Å². The lowest BCUT2D eigenvalue weighted by atomic mass is 10.1. The lowest BCUT2D eigenvalue weighted by Crippen LogP contribution is -2.25. The molecule has 17 heavy (non-hydrogen) atoms. The van der Waals surface area contributed by atoms with Crippen LogP contribution in [0.15, 0.2) is 18.2 Å². The van der Waals surface area contributed by atoms with E-state index in [1.54, 1.807) is 11.9 Å². The summed E-state index contributed by atoms with van der Waals surface area (Å²) in [7, 11) is 1.65. The van der Waals surface area contributed by atoms with Crippen LogP contribution in [-0.2, 0) is 6.18 Å². The molecule has 0 radical (unpaired) electrons. The zero-order chi connectivity index (χ0) is 13.2. The number of nitrogens with zero attached hydrogens (tertiary/aromatic N) is 1. The second kappa shape index (κ2) is 4.85. The molecule has 0 unspecified atom stereocenters. The Morgan fingerprint density at radius 3 is 2.35 bits per heavy atom. The van der Waals surface area contributed by atoms with E-state index in [0.717, 1.165) is 6.07 Å². The van der Waals surface area contributed by atoms with Crippen molar-refractivity contribution in [2.45, 2.75) is 20.0 Å². The molecule has 5 heteroatoms. The molecule has 0 saturated heterocycles. The van der Waals surface area contributed by atoms with Crippen molar-refractivity contribution < 1.29 is 13.2 Å². The van der Waals surface area contributed by atoms with E-state index in [4.69, 9.17) is 5.73 Å². The third kappa shape index (κ3) is 3.54. The predicted molar refractivity (Wildman–Crippen MR) is 64.0 cm³/mol. The molecule has 0 fully saturated rings. The minimum absolute atomic E-state index is 0.124. The summed E-state index contributed by atoms with van der Waals surface area (Å²) in [5.74, 6) is 0.290. The predicted octanol–water partition coefficient (Wildman–Crippen LogP) is 3.38. The van der Waals surface area contributed by atoms with Crippen LogP contribution >= 0.6 is 0 Å². The van der Waals surface area contributed by atoms with Crippen LogP contribution in [0, 0.1) is 5.92 Å². The van der Waals surface area contributed by atoms with E-state index in [2.05, 4.69) is 0 Å². The molecular formula is C12H17F3N2. The summed E-state index contributed by atoms with van der Waals surface area (Å²) in [4.78, 5) is 1.60. The molecule has 0 heterocycles. The molecule has 96 valence electrons. The average molecular weight is 246 g/mol. The summed E-state index contributed by atoms with van der Waals surface area (Å²) >= 11 is 0. The van der Waals surface area contributed by atoms with Gasteiger partial charge < -0.3 is 10.6 Å². The van der Waals surface area contributed by atoms with Gasteiger partial charge in [0.1, 0.15) is 0 Å². The number of nitrogen functional groups attached to an aromatic ring is 1. The van der Waals surface area contributed by atoms with Crippen LogP contribution in [0.3, 0.4) is 0 Å². The molecule has 0 bridgehead atoms. The third-order valence-electron chi connectivity index (χ3n) is 2.38. The Labute approximate surface area is 99.2 Å². The van der Waals surface area contributed by atoms with Gasteiger partial charge in [-0.25, -0.2) is 0 Å². The van der Waals surface area contributed by atoms with Gasteiger partial charge in [-0.1, -0.05) is 13.8 Å². The van der Waals surface area contributed by atoms with E-state index < -0.39 is 11.7 Å². The fraction of sp³-hybridized carbons (Fsp3) is 0.500. The van der Waals surface area contributed by atoms with Gasteiger partial charge in [-0.2, -0.15) is 13.2 Å². The van der Waals surface area contributed by atoms with Crippen molar-refractivity contribution in [1.82, 2.24) is 0 Å². The second-order valence-corrected chi connectivity index (χ2v) is 4.55. The lowest BCUT2D eigenvalue weighted by molar-refractivity contribution is -0.137. The fourth-order valence-corrected chi connectivity index (χ4v) is 1.76. The van der Waals surface area contributed by atoms with Gasteiger partial charge in [0.15, 0.2) is 0 Å². The summed E-state index contributed by atoms with van der Waals surface area (Å²) in [5, 5.41) is 0. The number of nitrogens with two attached hydrogens (primary N) is 1. The number of anilines is 2. The normalized spacial score (nSPS) is 11.9. The molecule has 0 aliphatic rings. The molecule has 0 aliphatic heterocycles. The molecule has 0 atom stereocenters. The van der Waals surface area contributed by atoms with Gasteiger partial charge in [0, 0.05) is 25.0 Å². The number of hydrogen-bond acceptors (Lipinski definition) is 2. The fourth-order valence-electron chi connectivity index (χ4n) is 1.76. The van der Waals surface area contributed by atoms with Crippen molar-refractivity contribution in [3.05, 3.63) is 23.8 Å². The SMILES string of the molecule is CC(C)CN(C)c1ccc(N)cc1C(F)(F)F. The van der Waals surface area contributed by atoms with Crippen LogP contribution in [0.2, 0.25) is 0 Å². The Bertz CT molecular complexity index is 386. The highest BCUT2D eigenvalue weighted by Crippen LogP contribution is 2.37. The first-order valence-corrected chi connectivity index (χ1v) is 5.39. The average Bonchev–Trinajstić information content (AvgIpc) is 2.14.